The zero-order chi connectivity index (χ0) is 12.0. The van der Waals surface area contributed by atoms with Crippen LogP contribution in [0.1, 0.15) is 26.3 Å². The van der Waals surface area contributed by atoms with Gasteiger partial charge in [0.25, 0.3) is 0 Å². The predicted molar refractivity (Wildman–Crippen MR) is 74.7 cm³/mol. The Bertz CT molecular complexity index is 311. The summed E-state index contributed by atoms with van der Waals surface area (Å²) in [6.07, 6.45) is 1.16. The summed E-state index contributed by atoms with van der Waals surface area (Å²) in [6.45, 7) is 9.00. The summed E-state index contributed by atoms with van der Waals surface area (Å²) in [5, 5.41) is 3.42. The third kappa shape index (κ3) is 4.67. The molecule has 2 atom stereocenters. The molecule has 1 N–H and O–H groups in total. The molecule has 2 heteroatoms. The van der Waals surface area contributed by atoms with Gasteiger partial charge in [-0.15, -0.1) is 0 Å². The first-order valence-corrected chi connectivity index (χ1v) is 6.88. The van der Waals surface area contributed by atoms with Gasteiger partial charge in [-0.25, -0.2) is 0 Å². The lowest BCUT2D eigenvalue weighted by Crippen LogP contribution is -2.25. The van der Waals surface area contributed by atoms with Gasteiger partial charge in [-0.3, -0.25) is 0 Å². The van der Waals surface area contributed by atoms with Crippen LogP contribution in [0.15, 0.2) is 28.7 Å². The fourth-order valence-corrected chi connectivity index (χ4v) is 2.26. The van der Waals surface area contributed by atoms with Crippen LogP contribution >= 0.6 is 15.9 Å². The van der Waals surface area contributed by atoms with E-state index in [1.54, 1.807) is 0 Å². The first-order valence-electron chi connectivity index (χ1n) is 6.08. The van der Waals surface area contributed by atoms with E-state index in [0.717, 1.165) is 25.4 Å². The van der Waals surface area contributed by atoms with E-state index in [2.05, 4.69) is 66.3 Å². The molecular weight excluding hydrogens is 262 g/mol. The van der Waals surface area contributed by atoms with Crippen molar-refractivity contribution in [1.82, 2.24) is 5.32 Å². The van der Waals surface area contributed by atoms with Crippen LogP contribution in [0.2, 0.25) is 0 Å². The minimum atomic E-state index is 0.716. The second-order valence-corrected chi connectivity index (χ2v) is 5.51. The second-order valence-electron chi connectivity index (χ2n) is 4.60. The van der Waals surface area contributed by atoms with Crippen molar-refractivity contribution in [2.75, 3.05) is 13.1 Å². The lowest BCUT2D eigenvalue weighted by atomic mass is 9.89. The van der Waals surface area contributed by atoms with Gasteiger partial charge in [0.2, 0.25) is 0 Å². The molecule has 0 saturated carbocycles. The van der Waals surface area contributed by atoms with Gasteiger partial charge in [0.05, 0.1) is 0 Å². The van der Waals surface area contributed by atoms with Crippen LogP contribution in [0.3, 0.4) is 0 Å². The van der Waals surface area contributed by atoms with Crippen LogP contribution in [0, 0.1) is 11.8 Å². The first-order chi connectivity index (χ1) is 7.63. The highest BCUT2D eigenvalue weighted by molar-refractivity contribution is 9.10. The molecule has 0 heterocycles. The molecule has 2 unspecified atom stereocenters. The van der Waals surface area contributed by atoms with Crippen LogP contribution in [-0.4, -0.2) is 13.1 Å². The van der Waals surface area contributed by atoms with Gasteiger partial charge < -0.3 is 5.32 Å². The Kier molecular flexibility index (Phi) is 6.07. The molecule has 0 bridgehead atoms. The molecule has 0 radical (unpaired) electrons. The van der Waals surface area contributed by atoms with Crippen LogP contribution in [0.4, 0.5) is 0 Å². The Morgan fingerprint density at radius 3 is 2.62 bits per heavy atom. The van der Waals surface area contributed by atoms with Gasteiger partial charge in [-0.1, -0.05) is 48.8 Å². The number of rotatable bonds is 6. The van der Waals surface area contributed by atoms with Crippen molar-refractivity contribution in [2.24, 2.45) is 11.8 Å². The molecule has 0 aromatic heterocycles. The lowest BCUT2D eigenvalue weighted by Gasteiger charge is -2.20. The van der Waals surface area contributed by atoms with Crippen molar-refractivity contribution in [2.45, 2.75) is 27.2 Å². The van der Waals surface area contributed by atoms with Gasteiger partial charge >= 0.3 is 0 Å². The molecular formula is C14H22BrN. The number of halogens is 1. The van der Waals surface area contributed by atoms with Gasteiger partial charge in [0.1, 0.15) is 0 Å². The molecule has 1 rings (SSSR count). The van der Waals surface area contributed by atoms with Crippen molar-refractivity contribution in [3.63, 3.8) is 0 Å². The highest BCUT2D eigenvalue weighted by Gasteiger charge is 2.12. The van der Waals surface area contributed by atoms with E-state index in [1.807, 2.05) is 0 Å². The van der Waals surface area contributed by atoms with Crippen molar-refractivity contribution in [3.8, 4) is 0 Å². The summed E-state index contributed by atoms with van der Waals surface area (Å²) in [5.41, 5.74) is 1.42. The number of hydrogen-bond donors (Lipinski definition) is 1. The lowest BCUT2D eigenvalue weighted by molar-refractivity contribution is 0.368. The van der Waals surface area contributed by atoms with E-state index in [-0.39, 0.29) is 0 Å². The molecule has 0 amide bonds. The highest BCUT2D eigenvalue weighted by Crippen LogP contribution is 2.19. The maximum absolute atomic E-state index is 3.52. The third-order valence-corrected chi connectivity index (χ3v) is 3.63. The zero-order valence-corrected chi connectivity index (χ0v) is 12.0. The van der Waals surface area contributed by atoms with E-state index >= 15 is 0 Å². The van der Waals surface area contributed by atoms with E-state index in [9.17, 15) is 0 Å². The Morgan fingerprint density at radius 2 is 2.00 bits per heavy atom. The minimum absolute atomic E-state index is 0.716. The van der Waals surface area contributed by atoms with Crippen LogP contribution < -0.4 is 5.32 Å². The third-order valence-electron chi connectivity index (χ3n) is 3.13. The van der Waals surface area contributed by atoms with Crippen LogP contribution in [0.5, 0.6) is 0 Å². The van der Waals surface area contributed by atoms with Gasteiger partial charge in [-0.2, -0.15) is 0 Å². The van der Waals surface area contributed by atoms with Gasteiger partial charge in [-0.05, 0) is 49.0 Å². The molecule has 0 aliphatic rings. The Labute approximate surface area is 108 Å². The molecule has 0 saturated heterocycles. The van der Waals surface area contributed by atoms with Crippen LogP contribution in [-0.2, 0) is 6.42 Å². The minimum Gasteiger partial charge on any atom is -0.317 e. The monoisotopic (exact) mass is 283 g/mol. The first kappa shape index (κ1) is 13.7. The van der Waals surface area contributed by atoms with Crippen molar-refractivity contribution in [1.29, 1.82) is 0 Å². The van der Waals surface area contributed by atoms with Gasteiger partial charge in [0.15, 0.2) is 0 Å². The topological polar surface area (TPSA) is 12.0 Å². The van der Waals surface area contributed by atoms with E-state index < -0.39 is 0 Å². The molecule has 16 heavy (non-hydrogen) atoms. The van der Waals surface area contributed by atoms with Crippen molar-refractivity contribution >= 4 is 15.9 Å². The van der Waals surface area contributed by atoms with Crippen LogP contribution in [0.25, 0.3) is 0 Å². The number of benzene rings is 1. The Morgan fingerprint density at radius 1 is 1.25 bits per heavy atom. The maximum atomic E-state index is 3.52. The molecule has 90 valence electrons. The fourth-order valence-electron chi connectivity index (χ4n) is 1.81. The molecule has 0 spiro atoms. The molecule has 1 aromatic carbocycles. The van der Waals surface area contributed by atoms with E-state index in [4.69, 9.17) is 0 Å². The maximum Gasteiger partial charge on any atom is 0.0177 e. The SMILES string of the molecule is CCNCC(C)C(C)Cc1cccc(Br)c1. The summed E-state index contributed by atoms with van der Waals surface area (Å²) in [4.78, 5) is 0. The largest absolute Gasteiger partial charge is 0.317 e. The molecule has 0 fully saturated rings. The number of hydrogen-bond acceptors (Lipinski definition) is 1. The Balaban J connectivity index is 2.47. The highest BCUT2D eigenvalue weighted by atomic mass is 79.9. The predicted octanol–water partition coefficient (Wildman–Crippen LogP) is 3.87. The normalized spacial score (nSPS) is 14.8. The van der Waals surface area contributed by atoms with E-state index in [0.29, 0.717) is 5.92 Å². The van der Waals surface area contributed by atoms with Crippen molar-refractivity contribution < 1.29 is 0 Å². The smallest absolute Gasteiger partial charge is 0.0177 e. The molecule has 1 nitrogen and oxygen atoms in total. The summed E-state index contributed by atoms with van der Waals surface area (Å²) in [5.74, 6) is 1.44. The average Bonchev–Trinajstić information content (AvgIpc) is 2.25. The standard InChI is InChI=1S/C14H22BrN/c1-4-16-10-12(3)11(2)8-13-6-5-7-14(15)9-13/h5-7,9,11-12,16H,4,8,10H2,1-3H3. The zero-order valence-electron chi connectivity index (χ0n) is 10.5. The summed E-state index contributed by atoms with van der Waals surface area (Å²) in [7, 11) is 0. The quantitative estimate of drug-likeness (QED) is 0.836. The summed E-state index contributed by atoms with van der Waals surface area (Å²) >= 11 is 3.52. The summed E-state index contributed by atoms with van der Waals surface area (Å²) in [6, 6.07) is 8.62. The Hall–Kier alpha value is -0.340. The second kappa shape index (κ2) is 7.08. The fraction of sp³-hybridized carbons (Fsp3) is 0.571. The van der Waals surface area contributed by atoms with Crippen molar-refractivity contribution in [3.05, 3.63) is 34.3 Å². The molecule has 0 aliphatic heterocycles. The van der Waals surface area contributed by atoms with Gasteiger partial charge in [0, 0.05) is 4.47 Å². The summed E-state index contributed by atoms with van der Waals surface area (Å²) < 4.78 is 1.18. The molecule has 0 aliphatic carbocycles. The average molecular weight is 284 g/mol. The molecule has 1 aromatic rings. The number of nitrogens with one attached hydrogen (secondary N) is 1. The van der Waals surface area contributed by atoms with E-state index in [1.165, 1.54) is 10.0 Å².